The quantitative estimate of drug-likeness (QED) is 0.746. The maximum absolute atomic E-state index is 3.69. The van der Waals surface area contributed by atoms with E-state index in [-0.39, 0.29) is 0 Å². The van der Waals surface area contributed by atoms with E-state index >= 15 is 0 Å². The lowest BCUT2D eigenvalue weighted by atomic mass is 9.96. The molecule has 0 amide bonds. The van der Waals surface area contributed by atoms with E-state index < -0.39 is 0 Å². The molecule has 0 aromatic carbocycles. The fourth-order valence-corrected chi connectivity index (χ4v) is 2.67. The van der Waals surface area contributed by atoms with Crippen LogP contribution in [0, 0.1) is 11.8 Å². The van der Waals surface area contributed by atoms with Gasteiger partial charge in [-0.15, -0.1) is 0 Å². The van der Waals surface area contributed by atoms with Crippen LogP contribution in [0.2, 0.25) is 0 Å². The number of likely N-dealkylation sites (tertiary alicyclic amines) is 1. The Hall–Kier alpha value is -0.0800. The molecule has 0 aromatic heterocycles. The highest BCUT2D eigenvalue weighted by molar-refractivity contribution is 4.83. The second kappa shape index (κ2) is 6.02. The Labute approximate surface area is 101 Å². The summed E-state index contributed by atoms with van der Waals surface area (Å²) in [6.07, 6.45) is 7.01. The predicted molar refractivity (Wildman–Crippen MR) is 69.6 cm³/mol. The zero-order valence-electron chi connectivity index (χ0n) is 11.0. The van der Waals surface area contributed by atoms with Gasteiger partial charge in [-0.1, -0.05) is 20.3 Å². The third-order valence-corrected chi connectivity index (χ3v) is 4.14. The lowest BCUT2D eigenvalue weighted by Crippen LogP contribution is -2.41. The highest BCUT2D eigenvalue weighted by atomic mass is 15.1. The van der Waals surface area contributed by atoms with Crippen LogP contribution in [-0.2, 0) is 0 Å². The van der Waals surface area contributed by atoms with Gasteiger partial charge in [0, 0.05) is 19.1 Å². The van der Waals surface area contributed by atoms with E-state index in [0.29, 0.717) is 0 Å². The molecule has 2 aliphatic rings. The average molecular weight is 224 g/mol. The minimum absolute atomic E-state index is 0.871. The fraction of sp³-hybridized carbons (Fsp3) is 1.00. The van der Waals surface area contributed by atoms with Crippen molar-refractivity contribution in [2.24, 2.45) is 11.8 Å². The maximum atomic E-state index is 3.69. The standard InChI is InChI=1S/C14H28N2/c1-3-12(2)10-16-8-4-5-13(11-16)9-15-14-6-7-14/h12-15H,3-11H2,1-2H3. The van der Waals surface area contributed by atoms with Gasteiger partial charge >= 0.3 is 0 Å². The van der Waals surface area contributed by atoms with Crippen LogP contribution >= 0.6 is 0 Å². The van der Waals surface area contributed by atoms with Gasteiger partial charge in [-0.25, -0.2) is 0 Å². The second-order valence-electron chi connectivity index (χ2n) is 5.96. The lowest BCUT2D eigenvalue weighted by molar-refractivity contribution is 0.152. The third-order valence-electron chi connectivity index (χ3n) is 4.14. The number of hydrogen-bond acceptors (Lipinski definition) is 2. The number of nitrogens with one attached hydrogen (secondary N) is 1. The average Bonchev–Trinajstić information content (AvgIpc) is 3.10. The molecule has 0 aromatic rings. The van der Waals surface area contributed by atoms with E-state index in [1.807, 2.05) is 0 Å². The number of rotatable bonds is 6. The molecule has 16 heavy (non-hydrogen) atoms. The van der Waals surface area contributed by atoms with Crippen LogP contribution in [0.1, 0.15) is 46.0 Å². The molecule has 0 spiro atoms. The van der Waals surface area contributed by atoms with Gasteiger partial charge in [-0.3, -0.25) is 0 Å². The Bertz CT molecular complexity index is 201. The van der Waals surface area contributed by atoms with Crippen LogP contribution in [-0.4, -0.2) is 37.1 Å². The molecule has 2 unspecified atom stereocenters. The highest BCUT2D eigenvalue weighted by Gasteiger charge is 2.24. The summed E-state index contributed by atoms with van der Waals surface area (Å²) in [5.74, 6) is 1.79. The molecule has 2 heteroatoms. The fourth-order valence-electron chi connectivity index (χ4n) is 2.67. The normalized spacial score (nSPS) is 29.2. The topological polar surface area (TPSA) is 15.3 Å². The summed E-state index contributed by atoms with van der Waals surface area (Å²) in [5.41, 5.74) is 0. The summed E-state index contributed by atoms with van der Waals surface area (Å²) in [7, 11) is 0. The summed E-state index contributed by atoms with van der Waals surface area (Å²) in [6, 6.07) is 0.880. The van der Waals surface area contributed by atoms with E-state index in [2.05, 4.69) is 24.1 Å². The smallest absolute Gasteiger partial charge is 0.00683 e. The minimum Gasteiger partial charge on any atom is -0.314 e. The first-order valence-corrected chi connectivity index (χ1v) is 7.23. The van der Waals surface area contributed by atoms with Crippen molar-refractivity contribution in [3.63, 3.8) is 0 Å². The van der Waals surface area contributed by atoms with Crippen LogP contribution < -0.4 is 5.32 Å². The van der Waals surface area contributed by atoms with Gasteiger partial charge < -0.3 is 10.2 Å². The van der Waals surface area contributed by atoms with Gasteiger partial charge in [0.1, 0.15) is 0 Å². The summed E-state index contributed by atoms with van der Waals surface area (Å²) >= 11 is 0. The van der Waals surface area contributed by atoms with Crippen molar-refractivity contribution in [2.75, 3.05) is 26.2 Å². The van der Waals surface area contributed by atoms with Crippen LogP contribution in [0.4, 0.5) is 0 Å². The number of piperidine rings is 1. The van der Waals surface area contributed by atoms with E-state index in [0.717, 1.165) is 17.9 Å². The molecular weight excluding hydrogens is 196 g/mol. The molecule has 1 saturated carbocycles. The molecule has 1 saturated heterocycles. The van der Waals surface area contributed by atoms with Crippen molar-refractivity contribution in [3.05, 3.63) is 0 Å². The van der Waals surface area contributed by atoms with Gasteiger partial charge in [0.25, 0.3) is 0 Å². The van der Waals surface area contributed by atoms with E-state index in [9.17, 15) is 0 Å². The van der Waals surface area contributed by atoms with E-state index in [1.54, 1.807) is 0 Å². The Morgan fingerprint density at radius 2 is 2.12 bits per heavy atom. The van der Waals surface area contributed by atoms with E-state index in [1.165, 1.54) is 58.3 Å². The van der Waals surface area contributed by atoms with E-state index in [4.69, 9.17) is 0 Å². The van der Waals surface area contributed by atoms with Crippen molar-refractivity contribution < 1.29 is 0 Å². The number of nitrogens with zero attached hydrogens (tertiary/aromatic N) is 1. The zero-order chi connectivity index (χ0) is 11.4. The molecule has 2 rings (SSSR count). The summed E-state index contributed by atoms with van der Waals surface area (Å²) in [5, 5.41) is 3.69. The van der Waals surface area contributed by atoms with Gasteiger partial charge in [-0.2, -0.15) is 0 Å². The van der Waals surface area contributed by atoms with Crippen molar-refractivity contribution in [1.82, 2.24) is 10.2 Å². The van der Waals surface area contributed by atoms with Crippen LogP contribution in [0.25, 0.3) is 0 Å². The lowest BCUT2D eigenvalue weighted by Gasteiger charge is -2.34. The first-order valence-electron chi connectivity index (χ1n) is 7.23. The Kier molecular flexibility index (Phi) is 4.66. The molecule has 2 atom stereocenters. The molecule has 2 fully saturated rings. The second-order valence-corrected chi connectivity index (χ2v) is 5.96. The molecular formula is C14H28N2. The SMILES string of the molecule is CCC(C)CN1CCCC(CNC2CC2)C1. The third kappa shape index (κ3) is 4.06. The maximum Gasteiger partial charge on any atom is 0.00683 e. The van der Waals surface area contributed by atoms with Crippen molar-refractivity contribution >= 4 is 0 Å². The molecule has 94 valence electrons. The van der Waals surface area contributed by atoms with Gasteiger partial charge in [0.15, 0.2) is 0 Å². The summed E-state index contributed by atoms with van der Waals surface area (Å²) in [4.78, 5) is 2.69. The number of hydrogen-bond donors (Lipinski definition) is 1. The Balaban J connectivity index is 1.65. The van der Waals surface area contributed by atoms with Crippen molar-refractivity contribution in [3.8, 4) is 0 Å². The molecule has 0 radical (unpaired) electrons. The molecule has 1 aliphatic heterocycles. The Morgan fingerprint density at radius 3 is 2.81 bits per heavy atom. The molecule has 0 bridgehead atoms. The zero-order valence-corrected chi connectivity index (χ0v) is 11.0. The molecule has 2 nitrogen and oxygen atoms in total. The molecule has 1 N–H and O–H groups in total. The van der Waals surface area contributed by atoms with Crippen molar-refractivity contribution in [1.29, 1.82) is 0 Å². The molecule has 1 heterocycles. The predicted octanol–water partition coefficient (Wildman–Crippen LogP) is 2.50. The van der Waals surface area contributed by atoms with Crippen LogP contribution in [0.5, 0.6) is 0 Å². The van der Waals surface area contributed by atoms with Crippen LogP contribution in [0.3, 0.4) is 0 Å². The first-order chi connectivity index (χ1) is 7.78. The summed E-state index contributed by atoms with van der Waals surface area (Å²) < 4.78 is 0. The summed E-state index contributed by atoms with van der Waals surface area (Å²) in [6.45, 7) is 9.94. The Morgan fingerprint density at radius 1 is 1.31 bits per heavy atom. The molecule has 1 aliphatic carbocycles. The van der Waals surface area contributed by atoms with Gasteiger partial charge in [0.2, 0.25) is 0 Å². The monoisotopic (exact) mass is 224 g/mol. The van der Waals surface area contributed by atoms with Crippen molar-refractivity contribution in [2.45, 2.75) is 52.0 Å². The highest BCUT2D eigenvalue weighted by Crippen LogP contribution is 2.21. The van der Waals surface area contributed by atoms with Crippen LogP contribution in [0.15, 0.2) is 0 Å². The minimum atomic E-state index is 0.871. The largest absolute Gasteiger partial charge is 0.314 e. The van der Waals surface area contributed by atoms with Gasteiger partial charge in [-0.05, 0) is 50.6 Å². The van der Waals surface area contributed by atoms with Gasteiger partial charge in [0.05, 0.1) is 0 Å². The first kappa shape index (κ1) is 12.4.